The zero-order valence-electron chi connectivity index (χ0n) is 8.60. The van der Waals surface area contributed by atoms with Gasteiger partial charge in [-0.25, -0.2) is 0 Å². The van der Waals surface area contributed by atoms with Crippen LogP contribution in [0, 0.1) is 0 Å². The van der Waals surface area contributed by atoms with E-state index >= 15 is 0 Å². The number of nitrogen functional groups attached to an aromatic ring is 1. The third kappa shape index (κ3) is 2.34. The molecule has 2 aromatic carbocycles. The van der Waals surface area contributed by atoms with Crippen LogP contribution in [0.15, 0.2) is 53.4 Å². The van der Waals surface area contributed by atoms with Crippen LogP contribution in [0.1, 0.15) is 0 Å². The Hall–Kier alpha value is -1.41. The molecule has 15 heavy (non-hydrogen) atoms. The lowest BCUT2D eigenvalue weighted by molar-refractivity contribution is 1.46. The molecule has 2 rings (SSSR count). The minimum atomic E-state index is 0.805. The van der Waals surface area contributed by atoms with Crippen LogP contribution >= 0.6 is 11.8 Å². The molecular formula is C13H13NS. The molecule has 2 N–H and O–H groups in total. The highest BCUT2D eigenvalue weighted by molar-refractivity contribution is 7.98. The van der Waals surface area contributed by atoms with E-state index in [4.69, 9.17) is 5.73 Å². The standard InChI is InChI=1S/C13H13NS/c1-15-13-4-2-3-11(9-13)10-5-7-12(14)8-6-10/h2-9H,14H2,1H3. The predicted octanol–water partition coefficient (Wildman–Crippen LogP) is 3.66. The summed E-state index contributed by atoms with van der Waals surface area (Å²) in [6.45, 7) is 0. The molecule has 0 atom stereocenters. The van der Waals surface area contributed by atoms with E-state index in [1.165, 1.54) is 16.0 Å². The average Bonchev–Trinajstić information content (AvgIpc) is 2.30. The lowest BCUT2D eigenvalue weighted by Crippen LogP contribution is -1.84. The molecule has 0 saturated heterocycles. The van der Waals surface area contributed by atoms with Crippen LogP contribution < -0.4 is 5.73 Å². The van der Waals surface area contributed by atoms with E-state index < -0.39 is 0 Å². The Bertz CT molecular complexity index is 448. The Labute approximate surface area is 94.3 Å². The molecule has 2 heteroatoms. The number of benzene rings is 2. The number of hydrogen-bond donors (Lipinski definition) is 1. The van der Waals surface area contributed by atoms with Gasteiger partial charge in [-0.2, -0.15) is 0 Å². The fraction of sp³-hybridized carbons (Fsp3) is 0.0769. The SMILES string of the molecule is CSc1cccc(-c2ccc(N)cc2)c1. The number of hydrogen-bond acceptors (Lipinski definition) is 2. The minimum Gasteiger partial charge on any atom is -0.399 e. The topological polar surface area (TPSA) is 26.0 Å². The summed E-state index contributed by atoms with van der Waals surface area (Å²) >= 11 is 1.76. The Morgan fingerprint density at radius 3 is 2.33 bits per heavy atom. The van der Waals surface area contributed by atoms with Crippen molar-refractivity contribution in [2.24, 2.45) is 0 Å². The Balaban J connectivity index is 2.40. The summed E-state index contributed by atoms with van der Waals surface area (Å²) < 4.78 is 0. The highest BCUT2D eigenvalue weighted by Gasteiger charge is 1.98. The van der Waals surface area contributed by atoms with Gasteiger partial charge >= 0.3 is 0 Å². The van der Waals surface area contributed by atoms with Crippen LogP contribution in [0.25, 0.3) is 11.1 Å². The summed E-state index contributed by atoms with van der Waals surface area (Å²) in [5, 5.41) is 0. The van der Waals surface area contributed by atoms with E-state index in [2.05, 4.69) is 42.7 Å². The van der Waals surface area contributed by atoms with Gasteiger partial charge in [0.15, 0.2) is 0 Å². The number of nitrogens with two attached hydrogens (primary N) is 1. The van der Waals surface area contributed by atoms with Gasteiger partial charge in [0.25, 0.3) is 0 Å². The monoisotopic (exact) mass is 215 g/mol. The average molecular weight is 215 g/mol. The highest BCUT2D eigenvalue weighted by atomic mass is 32.2. The van der Waals surface area contributed by atoms with Crippen molar-refractivity contribution in [1.82, 2.24) is 0 Å². The smallest absolute Gasteiger partial charge is 0.0314 e. The Kier molecular flexibility index (Phi) is 2.97. The summed E-state index contributed by atoms with van der Waals surface area (Å²) in [4.78, 5) is 1.28. The molecule has 1 nitrogen and oxygen atoms in total. The summed E-state index contributed by atoms with van der Waals surface area (Å²) in [5.74, 6) is 0. The van der Waals surface area contributed by atoms with Crippen LogP contribution in [-0.2, 0) is 0 Å². The second-order valence-electron chi connectivity index (χ2n) is 3.35. The molecule has 0 spiro atoms. The highest BCUT2D eigenvalue weighted by Crippen LogP contribution is 2.24. The molecule has 2 aromatic rings. The molecule has 0 bridgehead atoms. The van der Waals surface area contributed by atoms with Gasteiger partial charge in [0.1, 0.15) is 0 Å². The van der Waals surface area contributed by atoms with Crippen molar-refractivity contribution in [3.63, 3.8) is 0 Å². The van der Waals surface area contributed by atoms with E-state index in [0.717, 1.165) is 5.69 Å². The van der Waals surface area contributed by atoms with Crippen molar-refractivity contribution in [1.29, 1.82) is 0 Å². The number of rotatable bonds is 2. The first-order chi connectivity index (χ1) is 7.29. The van der Waals surface area contributed by atoms with Crippen molar-refractivity contribution in [3.05, 3.63) is 48.5 Å². The van der Waals surface area contributed by atoms with E-state index in [0.29, 0.717) is 0 Å². The maximum atomic E-state index is 5.66. The largest absolute Gasteiger partial charge is 0.399 e. The van der Waals surface area contributed by atoms with Crippen molar-refractivity contribution in [2.45, 2.75) is 4.90 Å². The van der Waals surface area contributed by atoms with Crippen LogP contribution in [0.5, 0.6) is 0 Å². The Morgan fingerprint density at radius 1 is 0.933 bits per heavy atom. The molecule has 0 heterocycles. The fourth-order valence-corrected chi connectivity index (χ4v) is 1.94. The third-order valence-corrected chi connectivity index (χ3v) is 3.04. The molecule has 0 amide bonds. The van der Waals surface area contributed by atoms with Crippen LogP contribution in [0.3, 0.4) is 0 Å². The summed E-state index contributed by atoms with van der Waals surface area (Å²) in [6.07, 6.45) is 2.09. The van der Waals surface area contributed by atoms with Gasteiger partial charge in [-0.15, -0.1) is 11.8 Å². The molecule has 0 aliphatic rings. The lowest BCUT2D eigenvalue weighted by Gasteiger charge is -2.04. The normalized spacial score (nSPS) is 10.2. The van der Waals surface area contributed by atoms with Gasteiger partial charge in [0, 0.05) is 10.6 Å². The lowest BCUT2D eigenvalue weighted by atomic mass is 10.1. The van der Waals surface area contributed by atoms with Gasteiger partial charge in [0.2, 0.25) is 0 Å². The van der Waals surface area contributed by atoms with E-state index in [-0.39, 0.29) is 0 Å². The molecule has 0 saturated carbocycles. The fourth-order valence-electron chi connectivity index (χ4n) is 1.48. The van der Waals surface area contributed by atoms with E-state index in [9.17, 15) is 0 Å². The summed E-state index contributed by atoms with van der Waals surface area (Å²) in [5.41, 5.74) is 8.91. The summed E-state index contributed by atoms with van der Waals surface area (Å²) in [7, 11) is 0. The first kappa shape index (κ1) is 10.1. The maximum Gasteiger partial charge on any atom is 0.0314 e. The third-order valence-electron chi connectivity index (χ3n) is 2.31. The van der Waals surface area contributed by atoms with Gasteiger partial charge in [-0.1, -0.05) is 24.3 Å². The van der Waals surface area contributed by atoms with Crippen molar-refractivity contribution < 1.29 is 0 Å². The van der Waals surface area contributed by atoms with Crippen molar-refractivity contribution >= 4 is 17.4 Å². The van der Waals surface area contributed by atoms with Gasteiger partial charge in [0.05, 0.1) is 0 Å². The van der Waals surface area contributed by atoms with Gasteiger partial charge in [-0.05, 0) is 41.6 Å². The van der Waals surface area contributed by atoms with Crippen molar-refractivity contribution in [3.8, 4) is 11.1 Å². The maximum absolute atomic E-state index is 5.66. The molecule has 0 aliphatic carbocycles. The number of thioether (sulfide) groups is 1. The van der Waals surface area contributed by atoms with Crippen molar-refractivity contribution in [2.75, 3.05) is 12.0 Å². The molecule has 0 aromatic heterocycles. The first-order valence-electron chi connectivity index (χ1n) is 4.79. The van der Waals surface area contributed by atoms with Crippen LogP contribution in [0.2, 0.25) is 0 Å². The van der Waals surface area contributed by atoms with Crippen LogP contribution in [-0.4, -0.2) is 6.26 Å². The molecular weight excluding hydrogens is 202 g/mol. The number of anilines is 1. The van der Waals surface area contributed by atoms with Crippen LogP contribution in [0.4, 0.5) is 5.69 Å². The summed E-state index contributed by atoms with van der Waals surface area (Å²) in [6, 6.07) is 16.5. The van der Waals surface area contributed by atoms with E-state index in [1.54, 1.807) is 11.8 Å². The quantitative estimate of drug-likeness (QED) is 0.611. The predicted molar refractivity (Wildman–Crippen MR) is 68.1 cm³/mol. The molecule has 0 unspecified atom stereocenters. The molecule has 0 radical (unpaired) electrons. The second-order valence-corrected chi connectivity index (χ2v) is 4.23. The van der Waals surface area contributed by atoms with E-state index in [1.807, 2.05) is 12.1 Å². The zero-order chi connectivity index (χ0) is 10.7. The van der Waals surface area contributed by atoms with Gasteiger partial charge in [-0.3, -0.25) is 0 Å². The molecule has 0 aliphatic heterocycles. The Morgan fingerprint density at radius 2 is 1.67 bits per heavy atom. The minimum absolute atomic E-state index is 0.805. The molecule has 76 valence electrons. The van der Waals surface area contributed by atoms with Gasteiger partial charge < -0.3 is 5.73 Å². The zero-order valence-corrected chi connectivity index (χ0v) is 9.42. The molecule has 0 fully saturated rings. The second kappa shape index (κ2) is 4.41. The first-order valence-corrected chi connectivity index (χ1v) is 6.02.